The largest absolute Gasteiger partial charge is 0.450 e. The number of hydrogen-bond donors (Lipinski definition) is 0. The van der Waals surface area contributed by atoms with Crippen LogP contribution in [0.3, 0.4) is 0 Å². The van der Waals surface area contributed by atoms with E-state index in [2.05, 4.69) is 0 Å². The van der Waals surface area contributed by atoms with E-state index < -0.39 is 6.10 Å². The topological polar surface area (TPSA) is 43.4 Å². The summed E-state index contributed by atoms with van der Waals surface area (Å²) in [4.78, 5) is 27.1. The van der Waals surface area contributed by atoms with E-state index in [1.54, 1.807) is 6.92 Å². The summed E-state index contributed by atoms with van der Waals surface area (Å²) < 4.78 is 5.50. The number of ketones is 1. The summed E-state index contributed by atoms with van der Waals surface area (Å²) in [6.45, 7) is 1.67. The summed E-state index contributed by atoms with van der Waals surface area (Å²) in [6, 6.07) is 7.85. The molecule has 1 heterocycles. The van der Waals surface area contributed by atoms with Crippen LogP contribution in [0.2, 0.25) is 0 Å². The van der Waals surface area contributed by atoms with Gasteiger partial charge in [0.1, 0.15) is 4.88 Å². The monoisotopic (exact) mass is 368 g/mol. The Kier molecular flexibility index (Phi) is 4.94. The number of esters is 1. The quantitative estimate of drug-likeness (QED) is 0.436. The van der Waals surface area contributed by atoms with Gasteiger partial charge >= 0.3 is 5.97 Å². The van der Waals surface area contributed by atoms with Crippen LogP contribution < -0.4 is 0 Å². The number of ether oxygens (including phenoxy) is 1. The van der Waals surface area contributed by atoms with Crippen molar-refractivity contribution in [2.24, 2.45) is 0 Å². The van der Waals surface area contributed by atoms with Crippen molar-refractivity contribution in [1.82, 2.24) is 0 Å². The van der Waals surface area contributed by atoms with Crippen molar-refractivity contribution in [3.63, 3.8) is 0 Å². The van der Waals surface area contributed by atoms with E-state index in [9.17, 15) is 9.59 Å². The first-order valence-electron chi connectivity index (χ1n) is 9.60. The summed E-state index contributed by atoms with van der Waals surface area (Å²) in [5, 5.41) is 0. The SMILES string of the molecule is C[C@H](OC(=O)c1cc2c(s1)CCCCC2)C(=O)c1ccc2c(c1)CCC2. The Morgan fingerprint density at radius 2 is 1.69 bits per heavy atom. The maximum atomic E-state index is 12.7. The average Bonchev–Trinajstić information content (AvgIpc) is 3.22. The van der Waals surface area contributed by atoms with Crippen LogP contribution in [0.5, 0.6) is 0 Å². The van der Waals surface area contributed by atoms with Crippen molar-refractivity contribution < 1.29 is 14.3 Å². The van der Waals surface area contributed by atoms with Crippen molar-refractivity contribution >= 4 is 23.1 Å². The van der Waals surface area contributed by atoms with E-state index in [0.29, 0.717) is 10.4 Å². The van der Waals surface area contributed by atoms with Crippen molar-refractivity contribution in [1.29, 1.82) is 0 Å². The fourth-order valence-electron chi connectivity index (χ4n) is 4.00. The van der Waals surface area contributed by atoms with Crippen molar-refractivity contribution in [3.8, 4) is 0 Å². The predicted molar refractivity (Wildman–Crippen MR) is 103 cm³/mol. The number of Topliss-reactive ketones (excluding diaryl/α,β-unsaturated/α-hetero) is 1. The first-order valence-corrected chi connectivity index (χ1v) is 10.4. The Bertz CT molecular complexity index is 826. The van der Waals surface area contributed by atoms with Crippen LogP contribution in [-0.2, 0) is 30.4 Å². The number of hydrogen-bond acceptors (Lipinski definition) is 4. The zero-order valence-electron chi connectivity index (χ0n) is 15.2. The second-order valence-corrected chi connectivity index (χ2v) is 8.51. The minimum atomic E-state index is -0.760. The van der Waals surface area contributed by atoms with Gasteiger partial charge in [0.05, 0.1) is 0 Å². The Morgan fingerprint density at radius 1 is 0.923 bits per heavy atom. The number of fused-ring (bicyclic) bond motifs is 2. The minimum Gasteiger partial charge on any atom is -0.450 e. The molecule has 1 atom stereocenters. The van der Waals surface area contributed by atoms with E-state index in [1.807, 2.05) is 24.3 Å². The molecule has 0 N–H and O–H groups in total. The van der Waals surface area contributed by atoms with E-state index in [-0.39, 0.29) is 11.8 Å². The molecule has 26 heavy (non-hydrogen) atoms. The van der Waals surface area contributed by atoms with Crippen LogP contribution in [-0.4, -0.2) is 17.9 Å². The fourth-order valence-corrected chi connectivity index (χ4v) is 5.14. The summed E-state index contributed by atoms with van der Waals surface area (Å²) in [5.41, 5.74) is 4.53. The van der Waals surface area contributed by atoms with Gasteiger partial charge in [-0.05, 0) is 80.7 Å². The van der Waals surface area contributed by atoms with Gasteiger partial charge in [0.15, 0.2) is 6.10 Å². The second kappa shape index (κ2) is 7.36. The van der Waals surface area contributed by atoms with Gasteiger partial charge in [-0.25, -0.2) is 4.79 Å². The first kappa shape index (κ1) is 17.5. The number of rotatable bonds is 4. The summed E-state index contributed by atoms with van der Waals surface area (Å²) in [7, 11) is 0. The molecule has 1 aromatic carbocycles. The lowest BCUT2D eigenvalue weighted by Crippen LogP contribution is -2.24. The molecule has 4 heteroatoms. The van der Waals surface area contributed by atoms with Crippen LogP contribution in [0, 0.1) is 0 Å². The summed E-state index contributed by atoms with van der Waals surface area (Å²) in [5.74, 6) is -0.490. The number of aryl methyl sites for hydroxylation is 4. The molecule has 0 amide bonds. The molecule has 3 nitrogen and oxygen atoms in total. The molecule has 2 aliphatic rings. The molecule has 2 aliphatic carbocycles. The standard InChI is InChI=1S/C22H24O3S/c1-14(21(23)18-11-10-15-7-5-8-16(15)12-18)25-22(24)20-13-17-6-3-2-4-9-19(17)26-20/h10-14H,2-9H2,1H3/t14-/m0/s1. The summed E-state index contributed by atoms with van der Waals surface area (Å²) in [6.07, 6.45) is 8.25. The molecule has 0 unspecified atom stereocenters. The van der Waals surface area contributed by atoms with Crippen LogP contribution in [0.15, 0.2) is 24.3 Å². The van der Waals surface area contributed by atoms with Gasteiger partial charge < -0.3 is 4.74 Å². The van der Waals surface area contributed by atoms with E-state index in [4.69, 9.17) is 4.74 Å². The van der Waals surface area contributed by atoms with Gasteiger partial charge in [-0.15, -0.1) is 11.3 Å². The number of thiophene rings is 1. The van der Waals surface area contributed by atoms with Crippen LogP contribution in [0.4, 0.5) is 0 Å². The van der Waals surface area contributed by atoms with Crippen LogP contribution in [0.25, 0.3) is 0 Å². The Hall–Kier alpha value is -1.94. The van der Waals surface area contributed by atoms with Crippen molar-refractivity contribution in [3.05, 3.63) is 56.3 Å². The van der Waals surface area contributed by atoms with E-state index in [1.165, 1.54) is 52.2 Å². The van der Waals surface area contributed by atoms with E-state index >= 15 is 0 Å². The van der Waals surface area contributed by atoms with Gasteiger partial charge in [-0.1, -0.05) is 18.6 Å². The zero-order valence-corrected chi connectivity index (χ0v) is 16.0. The molecule has 1 aromatic heterocycles. The highest BCUT2D eigenvalue weighted by Crippen LogP contribution is 2.30. The molecule has 0 saturated carbocycles. The Labute approximate surface area is 158 Å². The third-order valence-corrected chi connectivity index (χ3v) is 6.70. The maximum absolute atomic E-state index is 12.7. The lowest BCUT2D eigenvalue weighted by atomic mass is 10.0. The maximum Gasteiger partial charge on any atom is 0.349 e. The van der Waals surface area contributed by atoms with Gasteiger partial charge in [0.2, 0.25) is 5.78 Å². The lowest BCUT2D eigenvalue weighted by Gasteiger charge is -2.12. The molecule has 0 fully saturated rings. The molecule has 0 aliphatic heterocycles. The van der Waals surface area contributed by atoms with Crippen molar-refractivity contribution in [2.75, 3.05) is 0 Å². The van der Waals surface area contributed by atoms with Gasteiger partial charge in [0.25, 0.3) is 0 Å². The normalized spacial score (nSPS) is 17.1. The number of carbonyl (C=O) groups is 2. The van der Waals surface area contributed by atoms with Crippen LogP contribution >= 0.6 is 11.3 Å². The third-order valence-electron chi connectivity index (χ3n) is 5.48. The molecule has 4 rings (SSSR count). The van der Waals surface area contributed by atoms with Gasteiger partial charge in [-0.2, -0.15) is 0 Å². The minimum absolute atomic E-state index is 0.119. The molecule has 2 aromatic rings. The van der Waals surface area contributed by atoms with Gasteiger partial charge in [-0.3, -0.25) is 4.79 Å². The Balaban J connectivity index is 1.44. The Morgan fingerprint density at radius 3 is 2.58 bits per heavy atom. The third kappa shape index (κ3) is 3.48. The predicted octanol–water partition coefficient (Wildman–Crippen LogP) is 4.93. The van der Waals surface area contributed by atoms with Gasteiger partial charge in [0, 0.05) is 10.4 Å². The summed E-state index contributed by atoms with van der Waals surface area (Å²) >= 11 is 1.54. The molecule has 0 radical (unpaired) electrons. The molecular formula is C22H24O3S. The van der Waals surface area contributed by atoms with Crippen molar-refractivity contribution in [2.45, 2.75) is 64.4 Å². The highest BCUT2D eigenvalue weighted by Gasteiger charge is 2.24. The lowest BCUT2D eigenvalue weighted by molar-refractivity contribution is 0.0323. The fraction of sp³-hybridized carbons (Fsp3) is 0.455. The zero-order chi connectivity index (χ0) is 18.1. The van der Waals surface area contributed by atoms with Crippen LogP contribution in [0.1, 0.15) is 74.2 Å². The first-order chi connectivity index (χ1) is 12.6. The molecule has 0 spiro atoms. The number of carbonyl (C=O) groups excluding carboxylic acids is 2. The molecular weight excluding hydrogens is 344 g/mol. The molecule has 136 valence electrons. The smallest absolute Gasteiger partial charge is 0.349 e. The highest BCUT2D eigenvalue weighted by molar-refractivity contribution is 7.14. The van der Waals surface area contributed by atoms with E-state index in [0.717, 1.165) is 32.1 Å². The second-order valence-electron chi connectivity index (χ2n) is 7.37. The molecule has 0 bridgehead atoms. The number of benzene rings is 1. The molecule has 0 saturated heterocycles. The highest BCUT2D eigenvalue weighted by atomic mass is 32.1. The average molecular weight is 368 g/mol.